The van der Waals surface area contributed by atoms with Gasteiger partial charge in [-0.15, -0.1) is 0 Å². The maximum atomic E-state index is 5.74. The van der Waals surface area contributed by atoms with E-state index in [9.17, 15) is 0 Å². The van der Waals surface area contributed by atoms with Crippen molar-refractivity contribution in [3.05, 3.63) is 42.1 Å². The molecule has 0 radical (unpaired) electrons. The minimum Gasteiger partial charge on any atom is -0.439 e. The third-order valence-electron chi connectivity index (χ3n) is 2.93. The highest BCUT2D eigenvalue weighted by molar-refractivity contribution is 5.33. The summed E-state index contributed by atoms with van der Waals surface area (Å²) in [5.74, 6) is 2.46. The van der Waals surface area contributed by atoms with E-state index >= 15 is 0 Å². The Morgan fingerprint density at radius 3 is 2.55 bits per heavy atom. The summed E-state index contributed by atoms with van der Waals surface area (Å²) >= 11 is 0. The average Bonchev–Trinajstić information content (AvgIpc) is 2.46. The van der Waals surface area contributed by atoms with Gasteiger partial charge in [-0.05, 0) is 30.0 Å². The van der Waals surface area contributed by atoms with Crippen LogP contribution in [-0.2, 0) is 0 Å². The van der Waals surface area contributed by atoms with Crippen LogP contribution in [0.15, 0.2) is 36.5 Å². The van der Waals surface area contributed by atoms with E-state index in [1.807, 2.05) is 12.1 Å². The van der Waals surface area contributed by atoms with E-state index in [1.54, 1.807) is 12.3 Å². The summed E-state index contributed by atoms with van der Waals surface area (Å²) in [7, 11) is 0. The summed E-state index contributed by atoms with van der Waals surface area (Å²) in [5.41, 5.74) is 1.30. The Morgan fingerprint density at radius 1 is 1.15 bits per heavy atom. The fourth-order valence-electron chi connectivity index (χ4n) is 1.76. The second kappa shape index (κ2) is 6.89. The molecule has 0 fully saturated rings. The first kappa shape index (κ1) is 14.3. The Balaban J connectivity index is 2.05. The number of nitrogens with one attached hydrogen (secondary N) is 1. The van der Waals surface area contributed by atoms with Gasteiger partial charge in [0.2, 0.25) is 11.8 Å². The van der Waals surface area contributed by atoms with Crippen molar-refractivity contribution in [2.24, 2.45) is 0 Å². The lowest BCUT2D eigenvalue weighted by atomic mass is 10.0. The molecule has 1 aromatic carbocycles. The van der Waals surface area contributed by atoms with Crippen LogP contribution in [0.2, 0.25) is 0 Å². The van der Waals surface area contributed by atoms with E-state index < -0.39 is 0 Å². The average molecular weight is 271 g/mol. The highest BCUT2D eigenvalue weighted by atomic mass is 16.5. The van der Waals surface area contributed by atoms with Crippen molar-refractivity contribution >= 4 is 5.95 Å². The predicted molar refractivity (Wildman–Crippen MR) is 81.4 cm³/mol. The van der Waals surface area contributed by atoms with Crippen molar-refractivity contribution in [2.75, 3.05) is 11.9 Å². The van der Waals surface area contributed by atoms with Gasteiger partial charge < -0.3 is 10.1 Å². The monoisotopic (exact) mass is 271 g/mol. The van der Waals surface area contributed by atoms with Crippen LogP contribution < -0.4 is 10.1 Å². The number of nitrogens with zero attached hydrogens (tertiary/aromatic N) is 2. The van der Waals surface area contributed by atoms with Crippen molar-refractivity contribution in [3.8, 4) is 11.6 Å². The van der Waals surface area contributed by atoms with E-state index in [2.05, 4.69) is 48.2 Å². The largest absolute Gasteiger partial charge is 0.439 e. The number of benzene rings is 1. The second-order valence-electron chi connectivity index (χ2n) is 4.97. The van der Waals surface area contributed by atoms with Gasteiger partial charge in [-0.25, -0.2) is 4.98 Å². The molecule has 2 rings (SSSR count). The molecule has 4 heteroatoms. The third-order valence-corrected chi connectivity index (χ3v) is 2.93. The van der Waals surface area contributed by atoms with Crippen LogP contribution in [0.4, 0.5) is 5.95 Å². The quantitative estimate of drug-likeness (QED) is 0.854. The summed E-state index contributed by atoms with van der Waals surface area (Å²) in [4.78, 5) is 8.47. The molecule has 1 heterocycles. The number of anilines is 1. The molecule has 106 valence electrons. The molecule has 0 aliphatic heterocycles. The molecule has 0 aliphatic carbocycles. The first-order chi connectivity index (χ1) is 9.69. The predicted octanol–water partition coefficient (Wildman–Crippen LogP) is 4.21. The highest BCUT2D eigenvalue weighted by Gasteiger charge is 2.03. The Kier molecular flexibility index (Phi) is 4.93. The minimum atomic E-state index is 0.521. The molecule has 0 aliphatic rings. The highest BCUT2D eigenvalue weighted by Crippen LogP contribution is 2.22. The van der Waals surface area contributed by atoms with E-state index in [4.69, 9.17) is 4.74 Å². The van der Waals surface area contributed by atoms with Crippen molar-refractivity contribution < 1.29 is 4.74 Å². The van der Waals surface area contributed by atoms with Crippen LogP contribution in [0.25, 0.3) is 0 Å². The third kappa shape index (κ3) is 3.95. The normalized spacial score (nSPS) is 10.6. The van der Waals surface area contributed by atoms with E-state index in [0.717, 1.165) is 18.7 Å². The standard InChI is InChI=1S/C16H21N3O/c1-4-10-17-16-18-11-9-15(19-16)20-14-7-5-13(6-8-14)12(2)3/h5-9,11-12H,4,10H2,1-3H3,(H,17,18,19). The molecule has 0 spiro atoms. The van der Waals surface area contributed by atoms with Crippen molar-refractivity contribution in [1.82, 2.24) is 9.97 Å². The van der Waals surface area contributed by atoms with Crippen molar-refractivity contribution in [3.63, 3.8) is 0 Å². The zero-order valence-electron chi connectivity index (χ0n) is 12.3. The Morgan fingerprint density at radius 2 is 1.90 bits per heavy atom. The van der Waals surface area contributed by atoms with E-state index in [0.29, 0.717) is 17.7 Å². The molecule has 0 bridgehead atoms. The van der Waals surface area contributed by atoms with Gasteiger partial charge in [-0.2, -0.15) is 4.98 Å². The summed E-state index contributed by atoms with van der Waals surface area (Å²) < 4.78 is 5.74. The Bertz CT molecular complexity index is 538. The molecular formula is C16H21N3O. The van der Waals surface area contributed by atoms with E-state index in [-0.39, 0.29) is 0 Å². The second-order valence-corrected chi connectivity index (χ2v) is 4.97. The molecule has 0 unspecified atom stereocenters. The van der Waals surface area contributed by atoms with Crippen LogP contribution in [0, 0.1) is 0 Å². The molecule has 1 aromatic heterocycles. The van der Waals surface area contributed by atoms with E-state index in [1.165, 1.54) is 5.56 Å². The lowest BCUT2D eigenvalue weighted by Crippen LogP contribution is -2.04. The smallest absolute Gasteiger partial charge is 0.225 e. The van der Waals surface area contributed by atoms with Gasteiger partial charge in [0.15, 0.2) is 0 Å². The lowest BCUT2D eigenvalue weighted by molar-refractivity contribution is 0.462. The zero-order valence-corrected chi connectivity index (χ0v) is 12.3. The van der Waals surface area contributed by atoms with Gasteiger partial charge in [0.1, 0.15) is 5.75 Å². The maximum Gasteiger partial charge on any atom is 0.225 e. The van der Waals surface area contributed by atoms with Crippen LogP contribution >= 0.6 is 0 Å². The SMILES string of the molecule is CCCNc1nccc(Oc2ccc(C(C)C)cc2)n1. The molecule has 0 saturated carbocycles. The van der Waals surface area contributed by atoms with Crippen LogP contribution in [0.3, 0.4) is 0 Å². The molecule has 0 atom stereocenters. The minimum absolute atomic E-state index is 0.521. The van der Waals surface area contributed by atoms with Crippen LogP contribution in [-0.4, -0.2) is 16.5 Å². The number of hydrogen-bond donors (Lipinski definition) is 1. The molecular weight excluding hydrogens is 250 g/mol. The van der Waals surface area contributed by atoms with Crippen molar-refractivity contribution in [1.29, 1.82) is 0 Å². The van der Waals surface area contributed by atoms with Gasteiger partial charge >= 0.3 is 0 Å². The molecule has 2 aromatic rings. The fraction of sp³-hybridized carbons (Fsp3) is 0.375. The molecule has 0 amide bonds. The molecule has 20 heavy (non-hydrogen) atoms. The van der Waals surface area contributed by atoms with Crippen LogP contribution in [0.1, 0.15) is 38.7 Å². The molecule has 0 saturated heterocycles. The number of hydrogen-bond acceptors (Lipinski definition) is 4. The summed E-state index contributed by atoms with van der Waals surface area (Å²) in [5, 5.41) is 3.14. The van der Waals surface area contributed by atoms with Gasteiger partial charge in [0.05, 0.1) is 0 Å². The van der Waals surface area contributed by atoms with Gasteiger partial charge in [-0.3, -0.25) is 0 Å². The summed E-state index contributed by atoms with van der Waals surface area (Å²) in [6.45, 7) is 7.30. The maximum absolute atomic E-state index is 5.74. The van der Waals surface area contributed by atoms with Crippen LogP contribution in [0.5, 0.6) is 11.6 Å². The molecule has 1 N–H and O–H groups in total. The fourth-order valence-corrected chi connectivity index (χ4v) is 1.76. The Hall–Kier alpha value is -2.10. The summed E-state index contributed by atoms with van der Waals surface area (Å²) in [6.07, 6.45) is 2.73. The summed E-state index contributed by atoms with van der Waals surface area (Å²) in [6, 6.07) is 9.86. The number of aromatic nitrogens is 2. The lowest BCUT2D eigenvalue weighted by Gasteiger charge is -2.09. The number of rotatable bonds is 6. The first-order valence-corrected chi connectivity index (χ1v) is 7.03. The number of ether oxygens (including phenoxy) is 1. The van der Waals surface area contributed by atoms with Gasteiger partial charge in [-0.1, -0.05) is 32.9 Å². The first-order valence-electron chi connectivity index (χ1n) is 7.03. The van der Waals surface area contributed by atoms with Gasteiger partial charge in [0.25, 0.3) is 0 Å². The Labute approximate surface area is 120 Å². The van der Waals surface area contributed by atoms with Gasteiger partial charge in [0, 0.05) is 18.8 Å². The van der Waals surface area contributed by atoms with Crippen molar-refractivity contribution in [2.45, 2.75) is 33.1 Å². The zero-order chi connectivity index (χ0) is 14.4. The topological polar surface area (TPSA) is 47.0 Å². The molecule has 4 nitrogen and oxygen atoms in total.